The Morgan fingerprint density at radius 1 is 1.32 bits per heavy atom. The van der Waals surface area contributed by atoms with Crippen LogP contribution in [0, 0.1) is 28.7 Å². The van der Waals surface area contributed by atoms with Crippen LogP contribution in [0.25, 0.3) is 0 Å². The van der Waals surface area contributed by atoms with Gasteiger partial charge < -0.3 is 9.73 Å². The van der Waals surface area contributed by atoms with Gasteiger partial charge in [-0.1, -0.05) is 0 Å². The molecular formula is C12H10F2N2O3. The number of anilines is 1. The number of nitro benzene ring substituents is 1. The molecule has 5 nitrogen and oxygen atoms in total. The fraction of sp³-hybridized carbons (Fsp3) is 0.167. The van der Waals surface area contributed by atoms with Crippen molar-refractivity contribution in [3.63, 3.8) is 0 Å². The fourth-order valence-electron chi connectivity index (χ4n) is 1.59. The second-order valence-corrected chi connectivity index (χ2v) is 3.91. The quantitative estimate of drug-likeness (QED) is 0.681. The molecule has 100 valence electrons. The molecule has 0 saturated carbocycles. The Kier molecular flexibility index (Phi) is 3.46. The number of benzene rings is 1. The van der Waals surface area contributed by atoms with Crippen LogP contribution < -0.4 is 5.32 Å². The van der Waals surface area contributed by atoms with E-state index in [4.69, 9.17) is 4.42 Å². The van der Waals surface area contributed by atoms with Gasteiger partial charge in [-0.25, -0.2) is 8.78 Å². The largest absolute Gasteiger partial charge is 0.465 e. The highest BCUT2D eigenvalue weighted by molar-refractivity contribution is 5.51. The summed E-state index contributed by atoms with van der Waals surface area (Å²) < 4.78 is 32.3. The first-order chi connectivity index (χ1) is 8.97. The summed E-state index contributed by atoms with van der Waals surface area (Å²) in [6, 6.07) is 4.72. The number of nitrogens with one attached hydrogen (secondary N) is 1. The molecule has 1 N–H and O–H groups in total. The molecule has 0 radical (unpaired) electrons. The molecule has 19 heavy (non-hydrogen) atoms. The Bertz CT molecular complexity index is 602. The molecule has 0 atom stereocenters. The van der Waals surface area contributed by atoms with Gasteiger partial charge in [-0.05, 0) is 19.1 Å². The predicted octanol–water partition coefficient (Wildman–Crippen LogP) is 3.39. The summed E-state index contributed by atoms with van der Waals surface area (Å²) in [6.45, 7) is 1.83. The Morgan fingerprint density at radius 3 is 2.42 bits per heavy atom. The van der Waals surface area contributed by atoms with Crippen LogP contribution in [0.15, 0.2) is 28.7 Å². The molecule has 7 heteroatoms. The van der Waals surface area contributed by atoms with Gasteiger partial charge in [0.15, 0.2) is 11.6 Å². The van der Waals surface area contributed by atoms with Crippen LogP contribution in [-0.2, 0) is 6.54 Å². The monoisotopic (exact) mass is 268 g/mol. The van der Waals surface area contributed by atoms with Crippen molar-refractivity contribution in [1.82, 2.24) is 0 Å². The van der Waals surface area contributed by atoms with Gasteiger partial charge in [-0.2, -0.15) is 0 Å². The van der Waals surface area contributed by atoms with E-state index in [1.165, 1.54) is 0 Å². The lowest BCUT2D eigenvalue weighted by Crippen LogP contribution is -2.04. The van der Waals surface area contributed by atoms with Crippen LogP contribution in [0.4, 0.5) is 20.2 Å². The standard InChI is InChI=1S/C12H10F2N2O3/c1-7-2-3-9(19-7)6-15-12-10(13)4-8(16(17)18)5-11(12)14/h2-5,15H,6H2,1H3. The summed E-state index contributed by atoms with van der Waals surface area (Å²) in [6.07, 6.45) is 0. The Morgan fingerprint density at radius 2 is 1.95 bits per heavy atom. The van der Waals surface area contributed by atoms with Gasteiger partial charge in [0, 0.05) is 0 Å². The summed E-state index contributed by atoms with van der Waals surface area (Å²) in [5.41, 5.74) is -1.05. The average Bonchev–Trinajstić information content (AvgIpc) is 2.73. The maximum absolute atomic E-state index is 13.5. The van der Waals surface area contributed by atoms with Crippen molar-refractivity contribution >= 4 is 11.4 Å². The fourth-order valence-corrected chi connectivity index (χ4v) is 1.59. The number of non-ortho nitro benzene ring substituents is 1. The normalized spacial score (nSPS) is 10.5. The predicted molar refractivity (Wildman–Crippen MR) is 63.8 cm³/mol. The van der Waals surface area contributed by atoms with E-state index in [0.29, 0.717) is 23.7 Å². The summed E-state index contributed by atoms with van der Waals surface area (Å²) in [7, 11) is 0. The van der Waals surface area contributed by atoms with Gasteiger partial charge in [-0.3, -0.25) is 10.1 Å². The Hall–Kier alpha value is -2.44. The molecule has 0 bridgehead atoms. The minimum atomic E-state index is -1.02. The van der Waals surface area contributed by atoms with Crippen LogP contribution in [-0.4, -0.2) is 4.92 Å². The molecule has 0 saturated heterocycles. The summed E-state index contributed by atoms with van der Waals surface area (Å²) >= 11 is 0. The maximum Gasteiger partial charge on any atom is 0.275 e. The third-order valence-corrected chi connectivity index (χ3v) is 2.47. The van der Waals surface area contributed by atoms with Gasteiger partial charge >= 0.3 is 0 Å². The molecule has 1 aromatic heterocycles. The number of nitrogens with zero attached hydrogens (tertiary/aromatic N) is 1. The molecule has 0 amide bonds. The number of hydrogen-bond acceptors (Lipinski definition) is 4. The zero-order chi connectivity index (χ0) is 14.0. The van der Waals surface area contributed by atoms with Crippen LogP contribution in [0.2, 0.25) is 0 Å². The SMILES string of the molecule is Cc1ccc(CNc2c(F)cc([N+](=O)[O-])cc2F)o1. The summed E-state index contributed by atoms with van der Waals surface area (Å²) in [4.78, 5) is 9.58. The van der Waals surface area contributed by atoms with E-state index in [2.05, 4.69) is 5.32 Å². The first-order valence-corrected chi connectivity index (χ1v) is 5.40. The molecule has 0 aliphatic carbocycles. The summed E-state index contributed by atoms with van der Waals surface area (Å²) in [5.74, 6) is -0.846. The lowest BCUT2D eigenvalue weighted by atomic mass is 10.2. The number of hydrogen-bond donors (Lipinski definition) is 1. The van der Waals surface area contributed by atoms with Crippen molar-refractivity contribution in [1.29, 1.82) is 0 Å². The lowest BCUT2D eigenvalue weighted by molar-refractivity contribution is -0.385. The average molecular weight is 268 g/mol. The number of halogens is 2. The van der Waals surface area contributed by atoms with E-state index < -0.39 is 27.9 Å². The van der Waals surface area contributed by atoms with Gasteiger partial charge in [0.25, 0.3) is 5.69 Å². The topological polar surface area (TPSA) is 68.3 Å². The highest BCUT2D eigenvalue weighted by Crippen LogP contribution is 2.25. The van der Waals surface area contributed by atoms with E-state index in [-0.39, 0.29) is 6.54 Å². The van der Waals surface area contributed by atoms with E-state index in [1.54, 1.807) is 19.1 Å². The second-order valence-electron chi connectivity index (χ2n) is 3.91. The molecule has 1 heterocycles. The molecule has 1 aromatic carbocycles. The van der Waals surface area contributed by atoms with E-state index in [9.17, 15) is 18.9 Å². The molecule has 0 unspecified atom stereocenters. The molecule has 0 aliphatic rings. The molecule has 2 rings (SSSR count). The number of aryl methyl sites for hydroxylation is 1. The third kappa shape index (κ3) is 2.87. The third-order valence-electron chi connectivity index (χ3n) is 2.47. The van der Waals surface area contributed by atoms with Gasteiger partial charge in [0.1, 0.15) is 17.2 Å². The van der Waals surface area contributed by atoms with Crippen molar-refractivity contribution < 1.29 is 18.1 Å². The number of nitro groups is 1. The smallest absolute Gasteiger partial charge is 0.275 e. The highest BCUT2D eigenvalue weighted by atomic mass is 19.1. The van der Waals surface area contributed by atoms with Crippen molar-refractivity contribution in [2.24, 2.45) is 0 Å². The van der Waals surface area contributed by atoms with Crippen LogP contribution in [0.3, 0.4) is 0 Å². The maximum atomic E-state index is 13.5. The minimum absolute atomic E-state index is 0.0828. The van der Waals surface area contributed by atoms with Gasteiger partial charge in [0.2, 0.25) is 0 Å². The van der Waals surface area contributed by atoms with Crippen molar-refractivity contribution in [2.75, 3.05) is 5.32 Å². The van der Waals surface area contributed by atoms with Crippen LogP contribution in [0.5, 0.6) is 0 Å². The van der Waals surface area contributed by atoms with Crippen molar-refractivity contribution in [3.05, 3.63) is 57.5 Å². The number of rotatable bonds is 4. The van der Waals surface area contributed by atoms with E-state index in [0.717, 1.165) is 0 Å². The highest BCUT2D eigenvalue weighted by Gasteiger charge is 2.17. The number of furan rings is 1. The zero-order valence-electron chi connectivity index (χ0n) is 9.94. The van der Waals surface area contributed by atoms with Crippen molar-refractivity contribution in [2.45, 2.75) is 13.5 Å². The van der Waals surface area contributed by atoms with Crippen molar-refractivity contribution in [3.8, 4) is 0 Å². The first kappa shape index (κ1) is 13.0. The Labute approximate surface area is 107 Å². The molecule has 0 fully saturated rings. The van der Waals surface area contributed by atoms with Gasteiger partial charge in [-0.15, -0.1) is 0 Å². The zero-order valence-corrected chi connectivity index (χ0v) is 9.94. The lowest BCUT2D eigenvalue weighted by Gasteiger charge is -2.07. The summed E-state index contributed by atoms with van der Waals surface area (Å²) in [5, 5.41) is 12.9. The molecular weight excluding hydrogens is 258 g/mol. The Balaban J connectivity index is 2.18. The van der Waals surface area contributed by atoms with E-state index in [1.807, 2.05) is 0 Å². The molecule has 0 spiro atoms. The minimum Gasteiger partial charge on any atom is -0.465 e. The van der Waals surface area contributed by atoms with Crippen LogP contribution >= 0.6 is 0 Å². The molecule has 2 aromatic rings. The molecule has 0 aliphatic heterocycles. The van der Waals surface area contributed by atoms with E-state index >= 15 is 0 Å². The van der Waals surface area contributed by atoms with Crippen LogP contribution in [0.1, 0.15) is 11.5 Å². The second kappa shape index (κ2) is 5.05. The van der Waals surface area contributed by atoms with Gasteiger partial charge in [0.05, 0.1) is 23.6 Å². The first-order valence-electron chi connectivity index (χ1n) is 5.40.